The van der Waals surface area contributed by atoms with Crippen molar-refractivity contribution in [2.45, 2.75) is 47.5 Å². The van der Waals surface area contributed by atoms with E-state index in [2.05, 4.69) is 37.2 Å². The van der Waals surface area contributed by atoms with E-state index in [-0.39, 0.29) is 5.78 Å². The van der Waals surface area contributed by atoms with Gasteiger partial charge in [0.25, 0.3) is 0 Å². The highest BCUT2D eigenvalue weighted by Gasteiger charge is 2.29. The third-order valence-electron chi connectivity index (χ3n) is 5.26. The van der Waals surface area contributed by atoms with Gasteiger partial charge in [0.2, 0.25) is 0 Å². The molecular formula is C18H30N2O. The maximum absolute atomic E-state index is 12.5. The van der Waals surface area contributed by atoms with Crippen molar-refractivity contribution in [3.8, 4) is 0 Å². The Balaban J connectivity index is 1.94. The predicted molar refractivity (Wildman–Crippen MR) is 87.8 cm³/mol. The number of aryl methyl sites for hydroxylation is 1. The van der Waals surface area contributed by atoms with Gasteiger partial charge in [0, 0.05) is 24.0 Å². The Labute approximate surface area is 129 Å². The Kier molecular flexibility index (Phi) is 4.62. The zero-order chi connectivity index (χ0) is 15.8. The van der Waals surface area contributed by atoms with Crippen LogP contribution in [0.4, 0.5) is 0 Å². The number of carbonyl (C=O) groups is 1. The summed E-state index contributed by atoms with van der Waals surface area (Å²) in [6.45, 7) is 13.8. The summed E-state index contributed by atoms with van der Waals surface area (Å²) in [7, 11) is 2.02. The van der Waals surface area contributed by atoms with E-state index in [9.17, 15) is 4.79 Å². The van der Waals surface area contributed by atoms with E-state index in [1.165, 1.54) is 12.8 Å². The van der Waals surface area contributed by atoms with Gasteiger partial charge in [-0.25, -0.2) is 0 Å². The molecule has 2 heterocycles. The summed E-state index contributed by atoms with van der Waals surface area (Å²) in [6, 6.07) is 2.03. The standard InChI is InChI=1S/C18H30N2O/c1-13-11-16(14(2)19(13)6)17(21)12-20-9-7-15(8-10-20)18(3,4)5/h11,15H,7-10,12H2,1-6H3. The van der Waals surface area contributed by atoms with Gasteiger partial charge in [0.15, 0.2) is 5.78 Å². The number of aromatic nitrogens is 1. The van der Waals surface area contributed by atoms with Gasteiger partial charge in [-0.15, -0.1) is 0 Å². The van der Waals surface area contributed by atoms with E-state index in [0.717, 1.165) is 36.0 Å². The van der Waals surface area contributed by atoms with Crippen molar-refractivity contribution in [1.82, 2.24) is 9.47 Å². The summed E-state index contributed by atoms with van der Waals surface area (Å²) < 4.78 is 2.10. The molecule has 1 fully saturated rings. The smallest absolute Gasteiger partial charge is 0.178 e. The topological polar surface area (TPSA) is 25.2 Å². The number of rotatable bonds is 3. The van der Waals surface area contributed by atoms with Gasteiger partial charge in [-0.05, 0) is 57.2 Å². The molecule has 118 valence electrons. The van der Waals surface area contributed by atoms with E-state index >= 15 is 0 Å². The molecule has 0 spiro atoms. The molecule has 0 bridgehead atoms. The lowest BCUT2D eigenvalue weighted by molar-refractivity contribution is 0.0821. The van der Waals surface area contributed by atoms with Gasteiger partial charge in [0.1, 0.15) is 0 Å². The fourth-order valence-corrected chi connectivity index (χ4v) is 3.38. The van der Waals surface area contributed by atoms with Crippen molar-refractivity contribution >= 4 is 5.78 Å². The second-order valence-electron chi connectivity index (χ2n) is 7.68. The zero-order valence-electron chi connectivity index (χ0n) is 14.5. The van der Waals surface area contributed by atoms with Crippen molar-refractivity contribution in [3.05, 3.63) is 23.0 Å². The number of likely N-dealkylation sites (tertiary alicyclic amines) is 1. The summed E-state index contributed by atoms with van der Waals surface area (Å²) >= 11 is 0. The Morgan fingerprint density at radius 1 is 1.24 bits per heavy atom. The number of nitrogens with zero attached hydrogens (tertiary/aromatic N) is 2. The van der Waals surface area contributed by atoms with Gasteiger partial charge in [-0.1, -0.05) is 20.8 Å². The van der Waals surface area contributed by atoms with Crippen LogP contribution in [0, 0.1) is 25.2 Å². The maximum Gasteiger partial charge on any atom is 0.178 e. The zero-order valence-corrected chi connectivity index (χ0v) is 14.5. The van der Waals surface area contributed by atoms with Gasteiger partial charge >= 0.3 is 0 Å². The van der Waals surface area contributed by atoms with E-state index in [1.807, 2.05) is 20.0 Å². The summed E-state index contributed by atoms with van der Waals surface area (Å²) in [4.78, 5) is 14.8. The van der Waals surface area contributed by atoms with Crippen LogP contribution in [0.5, 0.6) is 0 Å². The molecule has 0 unspecified atom stereocenters. The number of Topliss-reactive ketones (excluding diaryl/α,β-unsaturated/α-hetero) is 1. The molecule has 3 heteroatoms. The Morgan fingerprint density at radius 2 is 1.81 bits per heavy atom. The Morgan fingerprint density at radius 3 is 2.24 bits per heavy atom. The SMILES string of the molecule is Cc1cc(C(=O)CN2CCC(C(C)(C)C)CC2)c(C)n1C. The summed E-state index contributed by atoms with van der Waals surface area (Å²) in [5.41, 5.74) is 3.53. The van der Waals surface area contributed by atoms with Crippen LogP contribution in [0.2, 0.25) is 0 Å². The normalized spacial score (nSPS) is 18.2. The Hall–Kier alpha value is -1.09. The molecule has 0 atom stereocenters. The number of hydrogen-bond acceptors (Lipinski definition) is 2. The van der Waals surface area contributed by atoms with Crippen molar-refractivity contribution in [2.24, 2.45) is 18.4 Å². The molecular weight excluding hydrogens is 260 g/mol. The average molecular weight is 290 g/mol. The van der Waals surface area contributed by atoms with Crippen LogP contribution in [0.3, 0.4) is 0 Å². The van der Waals surface area contributed by atoms with E-state index in [0.29, 0.717) is 12.0 Å². The fourth-order valence-electron chi connectivity index (χ4n) is 3.38. The summed E-state index contributed by atoms with van der Waals surface area (Å²) in [5.74, 6) is 1.05. The maximum atomic E-state index is 12.5. The lowest BCUT2D eigenvalue weighted by atomic mass is 9.75. The van der Waals surface area contributed by atoms with Gasteiger partial charge in [0.05, 0.1) is 6.54 Å². The summed E-state index contributed by atoms with van der Waals surface area (Å²) in [5, 5.41) is 0. The summed E-state index contributed by atoms with van der Waals surface area (Å²) in [6.07, 6.45) is 2.42. The monoisotopic (exact) mass is 290 g/mol. The van der Waals surface area contributed by atoms with E-state index < -0.39 is 0 Å². The molecule has 1 aliphatic heterocycles. The predicted octanol–water partition coefficient (Wildman–Crippen LogP) is 3.58. The van der Waals surface area contributed by atoms with Crippen molar-refractivity contribution in [2.75, 3.05) is 19.6 Å². The third kappa shape index (κ3) is 3.57. The minimum Gasteiger partial charge on any atom is -0.351 e. The first kappa shape index (κ1) is 16.3. The third-order valence-corrected chi connectivity index (χ3v) is 5.26. The average Bonchev–Trinajstić information content (AvgIpc) is 2.66. The van der Waals surface area contributed by atoms with Crippen LogP contribution < -0.4 is 0 Å². The number of ketones is 1. The molecule has 1 aromatic heterocycles. The van der Waals surface area contributed by atoms with Crippen LogP contribution in [0.1, 0.15) is 55.4 Å². The molecule has 0 amide bonds. The molecule has 3 nitrogen and oxygen atoms in total. The fraction of sp³-hybridized carbons (Fsp3) is 0.722. The van der Waals surface area contributed by atoms with Crippen molar-refractivity contribution in [1.29, 1.82) is 0 Å². The number of hydrogen-bond donors (Lipinski definition) is 0. The number of piperidine rings is 1. The molecule has 1 aromatic rings. The lowest BCUT2D eigenvalue weighted by Crippen LogP contribution is -2.40. The minimum absolute atomic E-state index is 0.269. The lowest BCUT2D eigenvalue weighted by Gasteiger charge is -2.38. The van der Waals surface area contributed by atoms with Crippen molar-refractivity contribution in [3.63, 3.8) is 0 Å². The second kappa shape index (κ2) is 5.96. The molecule has 1 aliphatic rings. The molecule has 0 aliphatic carbocycles. The molecule has 1 saturated heterocycles. The quantitative estimate of drug-likeness (QED) is 0.795. The van der Waals surface area contributed by atoms with Gasteiger partial charge in [-0.3, -0.25) is 9.69 Å². The first-order chi connectivity index (χ1) is 9.70. The van der Waals surface area contributed by atoms with E-state index in [4.69, 9.17) is 0 Å². The second-order valence-corrected chi connectivity index (χ2v) is 7.68. The van der Waals surface area contributed by atoms with Crippen LogP contribution in [0.15, 0.2) is 6.07 Å². The highest BCUT2D eigenvalue weighted by atomic mass is 16.1. The Bertz CT molecular complexity index is 514. The van der Waals surface area contributed by atoms with Crippen LogP contribution in [-0.4, -0.2) is 34.9 Å². The first-order valence-electron chi connectivity index (χ1n) is 8.08. The van der Waals surface area contributed by atoms with E-state index in [1.54, 1.807) is 0 Å². The van der Waals surface area contributed by atoms with Crippen molar-refractivity contribution < 1.29 is 4.79 Å². The van der Waals surface area contributed by atoms with Crippen LogP contribution in [0.25, 0.3) is 0 Å². The molecule has 0 saturated carbocycles. The molecule has 0 N–H and O–H groups in total. The highest BCUT2D eigenvalue weighted by molar-refractivity contribution is 5.99. The number of carbonyl (C=O) groups excluding carboxylic acids is 1. The minimum atomic E-state index is 0.269. The largest absolute Gasteiger partial charge is 0.351 e. The van der Waals surface area contributed by atoms with Crippen LogP contribution in [-0.2, 0) is 7.05 Å². The molecule has 21 heavy (non-hydrogen) atoms. The highest BCUT2D eigenvalue weighted by Crippen LogP contribution is 2.34. The first-order valence-corrected chi connectivity index (χ1v) is 8.08. The molecule has 0 aromatic carbocycles. The van der Waals surface area contributed by atoms with Gasteiger partial charge in [-0.2, -0.15) is 0 Å². The van der Waals surface area contributed by atoms with Crippen LogP contribution >= 0.6 is 0 Å². The van der Waals surface area contributed by atoms with Gasteiger partial charge < -0.3 is 4.57 Å². The molecule has 0 radical (unpaired) electrons. The molecule has 2 rings (SSSR count).